The molecular formula is C54H83N17O12. The van der Waals surface area contributed by atoms with Crippen LogP contribution in [-0.2, 0) is 60.8 Å². The number of aliphatic hydroxyl groups is 1. The summed E-state index contributed by atoms with van der Waals surface area (Å²) in [4.78, 5) is 146. The quantitative estimate of drug-likeness (QED) is 0.0177. The predicted molar refractivity (Wildman–Crippen MR) is 305 cm³/mol. The fraction of sp³-hybridized carbons (Fsp3) is 0.556. The third-order valence-electron chi connectivity index (χ3n) is 13.9. The molecule has 0 radical (unpaired) electrons. The van der Waals surface area contributed by atoms with Crippen LogP contribution in [0.1, 0.15) is 88.7 Å². The van der Waals surface area contributed by atoms with Crippen LogP contribution in [0.5, 0.6) is 0 Å². The second kappa shape index (κ2) is 34.8. The van der Waals surface area contributed by atoms with Gasteiger partial charge in [-0.1, -0.05) is 67.1 Å². The van der Waals surface area contributed by atoms with Gasteiger partial charge in [0, 0.05) is 39.0 Å². The summed E-state index contributed by atoms with van der Waals surface area (Å²) in [6, 6.07) is 6.14. The Labute approximate surface area is 481 Å². The van der Waals surface area contributed by atoms with Crippen LogP contribution in [0.25, 0.3) is 0 Å². The zero-order chi connectivity index (χ0) is 61.0. The number of nitrogens with two attached hydrogens (primary N) is 6. The minimum Gasteiger partial charge on any atom is -0.480 e. The summed E-state index contributed by atoms with van der Waals surface area (Å²) in [5.74, 6) is -8.31. The van der Waals surface area contributed by atoms with Crippen LogP contribution in [0.3, 0.4) is 0 Å². The van der Waals surface area contributed by atoms with Crippen LogP contribution in [0.4, 0.5) is 0 Å². The first-order valence-corrected chi connectivity index (χ1v) is 27.8. The molecule has 2 aromatic carbocycles. The lowest BCUT2D eigenvalue weighted by atomic mass is 10.0. The number of carbonyl (C=O) groups excluding carboxylic acids is 9. The molecule has 2 aliphatic rings. The molecule has 0 aliphatic carbocycles. The average Bonchev–Trinajstić information content (AvgIpc) is 4.20. The first-order chi connectivity index (χ1) is 39.6. The van der Waals surface area contributed by atoms with Gasteiger partial charge in [0.15, 0.2) is 11.9 Å². The van der Waals surface area contributed by atoms with Crippen molar-refractivity contribution in [3.63, 3.8) is 0 Å². The number of unbranched alkanes of at least 4 members (excludes halogenated alkanes) is 1. The minimum atomic E-state index is -1.62. The fourth-order valence-electron chi connectivity index (χ4n) is 9.50. The number of guanidine groups is 2. The van der Waals surface area contributed by atoms with E-state index in [0.29, 0.717) is 56.2 Å². The normalized spacial score (nSPS) is 17.2. The highest BCUT2D eigenvalue weighted by Gasteiger charge is 2.41. The van der Waals surface area contributed by atoms with Crippen LogP contribution >= 0.6 is 0 Å². The summed E-state index contributed by atoms with van der Waals surface area (Å²) in [6.07, 6.45) is 3.24. The van der Waals surface area contributed by atoms with E-state index in [4.69, 9.17) is 34.4 Å². The Hall–Kier alpha value is -8.44. The van der Waals surface area contributed by atoms with Crippen molar-refractivity contribution >= 4 is 71.1 Å². The highest BCUT2D eigenvalue weighted by Crippen LogP contribution is 2.22. The van der Waals surface area contributed by atoms with Crippen molar-refractivity contribution in [1.82, 2.24) is 47.0 Å². The van der Waals surface area contributed by atoms with Gasteiger partial charge in [-0.15, -0.1) is 0 Å². The largest absolute Gasteiger partial charge is 0.480 e. The predicted octanol–water partition coefficient (Wildman–Crippen LogP) is -4.86. The Balaban J connectivity index is 1.40. The van der Waals surface area contributed by atoms with E-state index in [9.17, 15) is 58.2 Å². The van der Waals surface area contributed by atoms with Gasteiger partial charge in [-0.25, -0.2) is 4.79 Å². The van der Waals surface area contributed by atoms with Crippen LogP contribution in [0.2, 0.25) is 0 Å². The van der Waals surface area contributed by atoms with Crippen molar-refractivity contribution in [2.45, 2.75) is 145 Å². The van der Waals surface area contributed by atoms with E-state index >= 15 is 0 Å². The smallest absolute Gasteiger partial charge is 0.326 e. The number of aliphatic hydroxyl groups excluding tert-OH is 1. The van der Waals surface area contributed by atoms with Gasteiger partial charge in [0.05, 0.1) is 19.2 Å². The van der Waals surface area contributed by atoms with E-state index in [1.165, 1.54) is 16.7 Å². The molecule has 0 spiro atoms. The fourth-order valence-corrected chi connectivity index (χ4v) is 9.50. The molecule has 83 heavy (non-hydrogen) atoms. The minimum absolute atomic E-state index is 0.0323. The number of carbonyl (C=O) groups is 10. The molecule has 0 aromatic heterocycles. The van der Waals surface area contributed by atoms with Crippen molar-refractivity contribution < 1.29 is 58.2 Å². The summed E-state index contributed by atoms with van der Waals surface area (Å²) >= 11 is 0. The van der Waals surface area contributed by atoms with Crippen molar-refractivity contribution in [2.24, 2.45) is 44.4 Å². The van der Waals surface area contributed by atoms with E-state index in [0.717, 1.165) is 0 Å². The number of benzene rings is 2. The van der Waals surface area contributed by atoms with Gasteiger partial charge < -0.3 is 91.6 Å². The Kier molecular flexibility index (Phi) is 28.1. The number of carboxylic acids is 1. The van der Waals surface area contributed by atoms with Crippen molar-refractivity contribution in [2.75, 3.05) is 45.9 Å². The maximum Gasteiger partial charge on any atom is 0.326 e. The number of nitrogens with one attached hydrogen (secondary N) is 7. The Morgan fingerprint density at radius 1 is 0.578 bits per heavy atom. The molecule has 2 saturated heterocycles. The molecule has 456 valence electrons. The van der Waals surface area contributed by atoms with Gasteiger partial charge in [-0.05, 0) is 88.8 Å². The van der Waals surface area contributed by atoms with E-state index in [1.54, 1.807) is 60.7 Å². The molecule has 2 aromatic rings. The molecule has 0 unspecified atom stereocenters. The topological polar surface area (TPSA) is 483 Å². The number of carboxylic acid groups (broad SMARTS) is 1. The molecule has 9 amide bonds. The molecule has 2 fully saturated rings. The number of aliphatic carboxylic acids is 1. The van der Waals surface area contributed by atoms with E-state index in [1.807, 2.05) is 0 Å². The number of likely N-dealkylation sites (tertiary alicyclic amines) is 2. The maximum absolute atomic E-state index is 14.2. The van der Waals surface area contributed by atoms with Crippen molar-refractivity contribution in [1.29, 1.82) is 0 Å². The Bertz CT molecular complexity index is 2570. The molecule has 0 saturated carbocycles. The zero-order valence-corrected chi connectivity index (χ0v) is 46.8. The third-order valence-corrected chi connectivity index (χ3v) is 13.9. The molecule has 2 heterocycles. The van der Waals surface area contributed by atoms with Crippen molar-refractivity contribution in [3.05, 3.63) is 71.8 Å². The number of rotatable bonds is 34. The molecule has 0 bridgehead atoms. The van der Waals surface area contributed by atoms with Gasteiger partial charge >= 0.3 is 5.97 Å². The van der Waals surface area contributed by atoms with E-state index in [-0.39, 0.29) is 83.0 Å². The molecular weight excluding hydrogens is 1080 g/mol. The molecule has 21 N–H and O–H groups in total. The van der Waals surface area contributed by atoms with Crippen LogP contribution in [0.15, 0.2) is 70.6 Å². The summed E-state index contributed by atoms with van der Waals surface area (Å²) in [7, 11) is 0. The second-order valence-electron chi connectivity index (χ2n) is 20.4. The lowest BCUT2D eigenvalue weighted by Crippen LogP contribution is -2.60. The Morgan fingerprint density at radius 3 is 1.54 bits per heavy atom. The number of nitrogens with zero attached hydrogens (tertiary/aromatic N) is 4. The van der Waals surface area contributed by atoms with Crippen molar-refractivity contribution in [3.8, 4) is 0 Å². The first-order valence-electron chi connectivity index (χ1n) is 27.8. The summed E-state index contributed by atoms with van der Waals surface area (Å²) in [5.41, 5.74) is 34.6. The lowest BCUT2D eigenvalue weighted by Gasteiger charge is -2.30. The summed E-state index contributed by atoms with van der Waals surface area (Å²) in [5, 5.41) is 38.4. The maximum atomic E-state index is 14.2. The monoisotopic (exact) mass is 1160 g/mol. The number of aliphatic imine (C=N–C) groups is 2. The van der Waals surface area contributed by atoms with E-state index < -0.39 is 127 Å². The van der Waals surface area contributed by atoms with Crippen LogP contribution < -0.4 is 71.6 Å². The zero-order valence-electron chi connectivity index (χ0n) is 46.8. The highest BCUT2D eigenvalue weighted by molar-refractivity contribution is 5.98. The lowest BCUT2D eigenvalue weighted by molar-refractivity contribution is -0.144. The van der Waals surface area contributed by atoms with Gasteiger partial charge in [0.1, 0.15) is 48.3 Å². The molecule has 2 aliphatic heterocycles. The van der Waals surface area contributed by atoms with Gasteiger partial charge in [-0.3, -0.25) is 53.1 Å². The Morgan fingerprint density at radius 2 is 1.05 bits per heavy atom. The van der Waals surface area contributed by atoms with Crippen LogP contribution in [-0.4, -0.2) is 191 Å². The average molecular weight is 1160 g/mol. The number of hydrogen-bond acceptors (Lipinski definition) is 15. The summed E-state index contributed by atoms with van der Waals surface area (Å²) < 4.78 is 0. The number of amides is 9. The molecule has 4 rings (SSSR count). The first kappa shape index (κ1) is 67.1. The highest BCUT2D eigenvalue weighted by atomic mass is 16.4. The van der Waals surface area contributed by atoms with Gasteiger partial charge in [0.2, 0.25) is 53.2 Å². The van der Waals surface area contributed by atoms with Crippen LogP contribution in [0, 0.1) is 0 Å². The molecule has 29 nitrogen and oxygen atoms in total. The number of hydrogen-bond donors (Lipinski definition) is 15. The van der Waals surface area contributed by atoms with E-state index in [2.05, 4.69) is 47.2 Å². The second-order valence-corrected chi connectivity index (χ2v) is 20.4. The molecule has 29 heteroatoms. The third kappa shape index (κ3) is 22.4. The van der Waals surface area contributed by atoms with Gasteiger partial charge in [0.25, 0.3) is 0 Å². The standard InChI is InChI=1S/C54H83N17O12/c1-32(64-48(78)41-21-12-26-70(41)50(80)36(19-10-24-61-53(57)58)66-45(75)35(56)18-8-9-23-55)44(74)63-30-43(73)65-38(28-33-14-4-2-5-15-33)46(76)69-40(31-72)51(81)71-27-13-22-42(71)49(79)68-39(29-34-16-6-3-7-17-34)47(77)67-37(52(82)83)20-11-25-62-54(59)60/h2-7,14-17,32,35-42,72H,8-13,18-31,55-56H2,1H3,(H,63,74)(H,64,78)(H,65,73)(H,66,75)(H,67,77)(H,68,79)(H,69,76)(H,82,83)(H4,57,58,61)(H4,59,60,62)/t32-,35-,36-,37-,38-,39-,40-,41-,42-/m0/s1. The SMILES string of the molecule is C[C@H](NC(=O)[C@@H]1CCCN1C(=O)[C@H](CCCN=C(N)N)NC(=O)[C@@H](N)CCCCN)C(=O)NCC(=O)N[C@@H](Cc1ccccc1)C(=O)N[C@@H](CO)C(=O)N1CCC[C@H]1C(=O)N[C@@H](Cc1ccccc1)C(=O)N[C@@H](CCCN=C(N)N)C(=O)O. The van der Waals surface area contributed by atoms with Gasteiger partial charge in [-0.2, -0.15) is 0 Å². The molecule has 9 atom stereocenters. The summed E-state index contributed by atoms with van der Waals surface area (Å²) in [6.45, 7) is 0.705.